The molecule has 0 aliphatic heterocycles. The molecule has 29 heavy (non-hydrogen) atoms. The number of nitrogens with zero attached hydrogens (tertiary/aromatic N) is 5. The van der Waals surface area contributed by atoms with Crippen LogP contribution in [0.25, 0.3) is 16.6 Å². The van der Waals surface area contributed by atoms with Crippen molar-refractivity contribution in [2.24, 2.45) is 0 Å². The summed E-state index contributed by atoms with van der Waals surface area (Å²) in [5.41, 5.74) is 13.2. The summed E-state index contributed by atoms with van der Waals surface area (Å²) >= 11 is 7.63. The average Bonchev–Trinajstić information content (AvgIpc) is 3.22. The monoisotopic (exact) mass is 425 g/mol. The Morgan fingerprint density at radius 2 is 2.10 bits per heavy atom. The zero-order chi connectivity index (χ0) is 21.0. The van der Waals surface area contributed by atoms with Crippen LogP contribution in [0.15, 0.2) is 46.1 Å². The fraction of sp³-hybridized carbons (Fsp3) is 0.105. The van der Waals surface area contributed by atoms with Crippen molar-refractivity contribution in [3.8, 4) is 11.9 Å². The summed E-state index contributed by atoms with van der Waals surface area (Å²) in [5.74, 6) is 0.861. The first-order valence-electron chi connectivity index (χ1n) is 8.46. The van der Waals surface area contributed by atoms with E-state index >= 15 is 0 Å². The number of halogens is 1. The number of anilines is 2. The Labute approximate surface area is 175 Å². The first kappa shape index (κ1) is 20.3. The van der Waals surface area contributed by atoms with Gasteiger partial charge in [-0.15, -0.1) is 11.3 Å². The molecule has 1 aromatic carbocycles. The van der Waals surface area contributed by atoms with E-state index in [-0.39, 0.29) is 22.9 Å². The molecule has 0 atom stereocenters. The third-order valence-corrected chi connectivity index (χ3v) is 4.93. The number of nitrogen functional groups attached to an aromatic ring is 2. The van der Waals surface area contributed by atoms with Gasteiger partial charge in [-0.1, -0.05) is 30.7 Å². The molecule has 3 heterocycles. The summed E-state index contributed by atoms with van der Waals surface area (Å²) in [5, 5.41) is 12.1. The van der Waals surface area contributed by atoms with Gasteiger partial charge in [0.15, 0.2) is 5.82 Å². The summed E-state index contributed by atoms with van der Waals surface area (Å²) in [6, 6.07) is 9.32. The molecule has 4 N–H and O–H groups in total. The molecule has 4 aromatic rings. The molecule has 0 amide bonds. The molecule has 0 aliphatic rings. The molecule has 4 rings (SSSR count). The third-order valence-electron chi connectivity index (χ3n) is 4.04. The molecule has 0 unspecified atom stereocenters. The van der Waals surface area contributed by atoms with Crippen molar-refractivity contribution in [2.45, 2.75) is 13.3 Å². The highest BCUT2D eigenvalue weighted by molar-refractivity contribution is 7.07. The van der Waals surface area contributed by atoms with Gasteiger partial charge < -0.3 is 11.5 Å². The average molecular weight is 426 g/mol. The number of hydrogen-bond donors (Lipinski definition) is 2. The summed E-state index contributed by atoms with van der Waals surface area (Å²) in [7, 11) is 0. The minimum Gasteiger partial charge on any atom is -0.382 e. The Morgan fingerprint density at radius 1 is 1.31 bits per heavy atom. The van der Waals surface area contributed by atoms with Gasteiger partial charge in [0.1, 0.15) is 17.5 Å². The molecule has 10 heteroatoms. The van der Waals surface area contributed by atoms with E-state index in [9.17, 15) is 4.79 Å². The molecule has 0 spiro atoms. The van der Waals surface area contributed by atoms with Gasteiger partial charge in [-0.2, -0.15) is 10.2 Å². The molecule has 146 valence electrons. The molecular weight excluding hydrogens is 410 g/mol. The van der Waals surface area contributed by atoms with E-state index in [1.807, 2.05) is 36.6 Å². The molecular formula is C19H16ClN7OS. The van der Waals surface area contributed by atoms with E-state index in [0.717, 1.165) is 17.5 Å². The van der Waals surface area contributed by atoms with Crippen LogP contribution in [0.2, 0.25) is 5.02 Å². The Bertz CT molecular complexity index is 1260. The number of aromatic nitrogens is 4. The van der Waals surface area contributed by atoms with Gasteiger partial charge in [-0.05, 0) is 23.9 Å². The maximum absolute atomic E-state index is 12.7. The lowest BCUT2D eigenvalue weighted by molar-refractivity contribution is 0.868. The van der Waals surface area contributed by atoms with Crippen LogP contribution in [0.5, 0.6) is 0 Å². The van der Waals surface area contributed by atoms with E-state index in [1.165, 1.54) is 17.5 Å². The normalized spacial score (nSPS) is 10.2. The second kappa shape index (κ2) is 8.68. The van der Waals surface area contributed by atoms with E-state index in [4.69, 9.17) is 28.3 Å². The first-order chi connectivity index (χ1) is 14.0. The Kier molecular flexibility index (Phi) is 6.07. The fourth-order valence-electron chi connectivity index (χ4n) is 2.70. The van der Waals surface area contributed by atoms with Crippen molar-refractivity contribution in [3.05, 3.63) is 68.0 Å². The first-order valence-corrected chi connectivity index (χ1v) is 9.78. The molecule has 0 radical (unpaired) electrons. The topological polar surface area (TPSA) is 136 Å². The third kappa shape index (κ3) is 4.18. The van der Waals surface area contributed by atoms with Crippen LogP contribution in [0.1, 0.15) is 18.2 Å². The summed E-state index contributed by atoms with van der Waals surface area (Å²) < 4.78 is 1.64. The van der Waals surface area contributed by atoms with Gasteiger partial charge in [-0.25, -0.2) is 9.97 Å². The van der Waals surface area contributed by atoms with Crippen molar-refractivity contribution in [1.29, 1.82) is 5.26 Å². The number of aryl methyl sites for hydroxylation is 1. The highest BCUT2D eigenvalue weighted by Crippen LogP contribution is 2.22. The lowest BCUT2D eigenvalue weighted by atomic mass is 10.1. The zero-order valence-electron chi connectivity index (χ0n) is 15.3. The molecule has 0 aliphatic carbocycles. The van der Waals surface area contributed by atoms with Crippen LogP contribution in [-0.2, 0) is 6.42 Å². The number of thiazole rings is 1. The second-order valence-electron chi connectivity index (χ2n) is 5.82. The SMILES string of the molecule is CCc1cc2cccc(Cl)c2c(=O)n1-c1cscn1.N#Cc1cnc(N)nc1N. The number of pyridine rings is 1. The van der Waals surface area contributed by atoms with Gasteiger partial charge in [0, 0.05) is 11.1 Å². The van der Waals surface area contributed by atoms with Gasteiger partial charge in [0.25, 0.3) is 5.56 Å². The lowest BCUT2D eigenvalue weighted by Gasteiger charge is -2.11. The summed E-state index contributed by atoms with van der Waals surface area (Å²) in [4.78, 5) is 24.0. The lowest BCUT2D eigenvalue weighted by Crippen LogP contribution is -2.22. The van der Waals surface area contributed by atoms with Crippen molar-refractivity contribution < 1.29 is 0 Å². The second-order valence-corrected chi connectivity index (χ2v) is 6.95. The van der Waals surface area contributed by atoms with Crippen LogP contribution in [0.3, 0.4) is 0 Å². The van der Waals surface area contributed by atoms with E-state index in [0.29, 0.717) is 16.2 Å². The predicted molar refractivity (Wildman–Crippen MR) is 115 cm³/mol. The van der Waals surface area contributed by atoms with Crippen LogP contribution in [-0.4, -0.2) is 19.5 Å². The van der Waals surface area contributed by atoms with E-state index in [1.54, 1.807) is 16.1 Å². The maximum Gasteiger partial charge on any atom is 0.265 e. The zero-order valence-corrected chi connectivity index (χ0v) is 16.9. The predicted octanol–water partition coefficient (Wildman–Crippen LogP) is 3.18. The molecule has 0 bridgehead atoms. The number of nitriles is 1. The van der Waals surface area contributed by atoms with Gasteiger partial charge in [0.05, 0.1) is 22.1 Å². The Hall–Kier alpha value is -3.48. The molecule has 0 fully saturated rings. The standard InChI is InChI=1S/C14H11ClN2OS.C5H5N5/c1-2-10-6-9-4-3-5-11(15)13(9)14(18)17(10)12-7-19-8-16-12;6-1-3-2-9-5(8)10-4(3)7/h3-8H,2H2,1H3;2H,(H4,7,8,9,10). The highest BCUT2D eigenvalue weighted by atomic mass is 35.5. The van der Waals surface area contributed by atoms with E-state index in [2.05, 4.69) is 15.0 Å². The van der Waals surface area contributed by atoms with Crippen molar-refractivity contribution in [3.63, 3.8) is 0 Å². The number of hydrogen-bond acceptors (Lipinski definition) is 8. The Morgan fingerprint density at radius 3 is 2.72 bits per heavy atom. The van der Waals surface area contributed by atoms with Gasteiger partial charge in [-0.3, -0.25) is 9.36 Å². The largest absolute Gasteiger partial charge is 0.382 e. The fourth-order valence-corrected chi connectivity index (χ4v) is 3.48. The molecule has 8 nitrogen and oxygen atoms in total. The van der Waals surface area contributed by atoms with Crippen LogP contribution >= 0.6 is 22.9 Å². The number of benzene rings is 1. The van der Waals surface area contributed by atoms with Gasteiger partial charge >= 0.3 is 0 Å². The summed E-state index contributed by atoms with van der Waals surface area (Å²) in [6.07, 6.45) is 2.05. The molecule has 0 saturated heterocycles. The van der Waals surface area contributed by atoms with E-state index < -0.39 is 0 Å². The van der Waals surface area contributed by atoms with Crippen LogP contribution in [0.4, 0.5) is 11.8 Å². The van der Waals surface area contributed by atoms with Crippen molar-refractivity contribution in [2.75, 3.05) is 11.5 Å². The smallest absolute Gasteiger partial charge is 0.265 e. The molecule has 3 aromatic heterocycles. The summed E-state index contributed by atoms with van der Waals surface area (Å²) in [6.45, 7) is 2.02. The maximum atomic E-state index is 12.7. The highest BCUT2D eigenvalue weighted by Gasteiger charge is 2.13. The Balaban J connectivity index is 0.000000204. The van der Waals surface area contributed by atoms with Crippen LogP contribution in [0, 0.1) is 11.3 Å². The quantitative estimate of drug-likeness (QED) is 0.503. The number of nitrogens with two attached hydrogens (primary N) is 2. The van der Waals surface area contributed by atoms with Crippen molar-refractivity contribution >= 4 is 45.5 Å². The van der Waals surface area contributed by atoms with Gasteiger partial charge in [0.2, 0.25) is 5.95 Å². The number of rotatable bonds is 2. The minimum absolute atomic E-state index is 0.0801. The molecule has 0 saturated carbocycles. The van der Waals surface area contributed by atoms with Crippen LogP contribution < -0.4 is 17.0 Å². The number of fused-ring (bicyclic) bond motifs is 1. The van der Waals surface area contributed by atoms with Crippen molar-refractivity contribution in [1.82, 2.24) is 19.5 Å². The minimum atomic E-state index is -0.106.